The van der Waals surface area contributed by atoms with Gasteiger partial charge in [-0.05, 0) is 18.8 Å². The maximum Gasteiger partial charge on any atom is 0.223 e. The van der Waals surface area contributed by atoms with Crippen molar-refractivity contribution < 1.29 is 4.79 Å². The van der Waals surface area contributed by atoms with E-state index in [2.05, 4.69) is 9.97 Å². The molecule has 84 valence electrons. The third-order valence-corrected chi connectivity index (χ3v) is 3.37. The van der Waals surface area contributed by atoms with E-state index in [-0.39, 0.29) is 0 Å². The standard InChI is InChI=1S/C12H15N3O/c16-12(5-9-1-2-9)15-4-3-11-10(7-15)6-13-8-14-11/h6,8-9H,1-5,7H2. The van der Waals surface area contributed by atoms with Gasteiger partial charge < -0.3 is 4.90 Å². The van der Waals surface area contributed by atoms with Crippen LogP contribution in [0.15, 0.2) is 12.5 Å². The van der Waals surface area contributed by atoms with Gasteiger partial charge in [-0.15, -0.1) is 0 Å². The van der Waals surface area contributed by atoms with Crippen LogP contribution in [0.4, 0.5) is 0 Å². The molecule has 2 heterocycles. The fourth-order valence-electron chi connectivity index (χ4n) is 2.18. The second kappa shape index (κ2) is 3.85. The topological polar surface area (TPSA) is 46.1 Å². The van der Waals surface area contributed by atoms with Crippen LogP contribution in [-0.2, 0) is 17.8 Å². The minimum atomic E-state index is 0.303. The highest BCUT2D eigenvalue weighted by atomic mass is 16.2. The Morgan fingerprint density at radius 2 is 2.38 bits per heavy atom. The Bertz CT molecular complexity index is 414. The average molecular weight is 217 g/mol. The Kier molecular flexibility index (Phi) is 2.35. The number of hydrogen-bond donors (Lipinski definition) is 0. The molecular formula is C12H15N3O. The fourth-order valence-corrected chi connectivity index (χ4v) is 2.18. The van der Waals surface area contributed by atoms with Gasteiger partial charge in [0, 0.05) is 37.7 Å². The molecular weight excluding hydrogens is 202 g/mol. The Balaban J connectivity index is 1.69. The molecule has 0 spiro atoms. The molecule has 1 aromatic heterocycles. The molecule has 1 fully saturated rings. The van der Waals surface area contributed by atoms with Gasteiger partial charge in [0.2, 0.25) is 5.91 Å². The van der Waals surface area contributed by atoms with Gasteiger partial charge >= 0.3 is 0 Å². The quantitative estimate of drug-likeness (QED) is 0.746. The summed E-state index contributed by atoms with van der Waals surface area (Å²) in [6.07, 6.45) is 7.50. The molecule has 1 aliphatic heterocycles. The second-order valence-electron chi connectivity index (χ2n) is 4.71. The molecule has 0 radical (unpaired) electrons. The lowest BCUT2D eigenvalue weighted by molar-refractivity contribution is -0.132. The van der Waals surface area contributed by atoms with E-state index in [0.717, 1.165) is 30.6 Å². The van der Waals surface area contributed by atoms with Crippen molar-refractivity contribution in [2.45, 2.75) is 32.2 Å². The van der Waals surface area contributed by atoms with Crippen molar-refractivity contribution in [3.63, 3.8) is 0 Å². The van der Waals surface area contributed by atoms with Crippen LogP contribution in [-0.4, -0.2) is 27.3 Å². The maximum absolute atomic E-state index is 11.9. The average Bonchev–Trinajstić information content (AvgIpc) is 3.12. The number of aromatic nitrogens is 2. The number of amides is 1. The molecule has 0 unspecified atom stereocenters. The summed E-state index contributed by atoms with van der Waals surface area (Å²) >= 11 is 0. The Morgan fingerprint density at radius 3 is 3.19 bits per heavy atom. The molecule has 4 nitrogen and oxygen atoms in total. The van der Waals surface area contributed by atoms with E-state index in [1.807, 2.05) is 11.1 Å². The molecule has 16 heavy (non-hydrogen) atoms. The predicted octanol–water partition coefficient (Wildman–Crippen LogP) is 1.16. The van der Waals surface area contributed by atoms with Crippen molar-refractivity contribution in [3.05, 3.63) is 23.8 Å². The zero-order valence-corrected chi connectivity index (χ0v) is 9.22. The molecule has 1 saturated carbocycles. The van der Waals surface area contributed by atoms with E-state index >= 15 is 0 Å². The third-order valence-electron chi connectivity index (χ3n) is 3.37. The van der Waals surface area contributed by atoms with Gasteiger partial charge in [0.15, 0.2) is 0 Å². The van der Waals surface area contributed by atoms with Crippen LogP contribution in [0.5, 0.6) is 0 Å². The summed E-state index contributed by atoms with van der Waals surface area (Å²) in [5.74, 6) is 0.970. The van der Waals surface area contributed by atoms with Crippen LogP contribution < -0.4 is 0 Å². The molecule has 0 bridgehead atoms. The normalized spacial score (nSPS) is 19.4. The SMILES string of the molecule is O=C(CC1CC1)N1CCc2ncncc2C1. The molecule has 0 saturated heterocycles. The van der Waals surface area contributed by atoms with Crippen molar-refractivity contribution in [1.82, 2.24) is 14.9 Å². The van der Waals surface area contributed by atoms with E-state index in [1.54, 1.807) is 6.33 Å². The van der Waals surface area contributed by atoms with Gasteiger partial charge in [-0.2, -0.15) is 0 Å². The number of nitrogens with zero attached hydrogens (tertiary/aromatic N) is 3. The number of carbonyl (C=O) groups is 1. The summed E-state index contributed by atoms with van der Waals surface area (Å²) in [7, 11) is 0. The van der Waals surface area contributed by atoms with Crippen LogP contribution in [0, 0.1) is 5.92 Å². The molecule has 1 amide bonds. The second-order valence-corrected chi connectivity index (χ2v) is 4.71. The highest BCUT2D eigenvalue weighted by Gasteiger charge is 2.28. The summed E-state index contributed by atoms with van der Waals surface area (Å²) in [5, 5.41) is 0. The first-order valence-electron chi connectivity index (χ1n) is 5.88. The van der Waals surface area contributed by atoms with Crippen LogP contribution in [0.2, 0.25) is 0 Å². The lowest BCUT2D eigenvalue weighted by Gasteiger charge is -2.27. The number of carbonyl (C=O) groups excluding carboxylic acids is 1. The lowest BCUT2D eigenvalue weighted by Crippen LogP contribution is -2.36. The molecule has 1 aromatic rings. The summed E-state index contributed by atoms with van der Waals surface area (Å²) in [5.41, 5.74) is 2.21. The fraction of sp³-hybridized carbons (Fsp3) is 0.583. The maximum atomic E-state index is 11.9. The largest absolute Gasteiger partial charge is 0.338 e. The molecule has 3 rings (SSSR count). The first-order chi connectivity index (χ1) is 7.83. The predicted molar refractivity (Wildman–Crippen MR) is 58.5 cm³/mol. The Labute approximate surface area is 94.7 Å². The van der Waals surface area contributed by atoms with Crippen molar-refractivity contribution in [1.29, 1.82) is 0 Å². The van der Waals surface area contributed by atoms with Crippen LogP contribution >= 0.6 is 0 Å². The van der Waals surface area contributed by atoms with Crippen molar-refractivity contribution in [2.24, 2.45) is 5.92 Å². The summed E-state index contributed by atoms with van der Waals surface area (Å²) in [6, 6.07) is 0. The summed E-state index contributed by atoms with van der Waals surface area (Å²) in [6.45, 7) is 1.51. The third kappa shape index (κ3) is 1.92. The van der Waals surface area contributed by atoms with Gasteiger partial charge in [-0.3, -0.25) is 4.79 Å². The monoisotopic (exact) mass is 217 g/mol. The molecule has 2 aliphatic rings. The zero-order valence-electron chi connectivity index (χ0n) is 9.22. The number of fused-ring (bicyclic) bond motifs is 1. The van der Waals surface area contributed by atoms with Crippen LogP contribution in [0.1, 0.15) is 30.5 Å². The molecule has 0 aromatic carbocycles. The first kappa shape index (κ1) is 9.75. The van der Waals surface area contributed by atoms with Gasteiger partial charge in [-0.25, -0.2) is 9.97 Å². The molecule has 0 N–H and O–H groups in total. The van der Waals surface area contributed by atoms with E-state index in [1.165, 1.54) is 12.8 Å². The Hall–Kier alpha value is -1.45. The highest BCUT2D eigenvalue weighted by molar-refractivity contribution is 5.77. The summed E-state index contributed by atoms with van der Waals surface area (Å²) < 4.78 is 0. The molecule has 4 heteroatoms. The highest BCUT2D eigenvalue weighted by Crippen LogP contribution is 2.33. The lowest BCUT2D eigenvalue weighted by atomic mass is 10.1. The zero-order chi connectivity index (χ0) is 11.0. The van der Waals surface area contributed by atoms with Gasteiger partial charge in [0.25, 0.3) is 0 Å². The molecule has 1 aliphatic carbocycles. The van der Waals surface area contributed by atoms with E-state index < -0.39 is 0 Å². The Morgan fingerprint density at radius 1 is 1.50 bits per heavy atom. The van der Waals surface area contributed by atoms with Gasteiger partial charge in [-0.1, -0.05) is 0 Å². The first-order valence-corrected chi connectivity index (χ1v) is 5.88. The van der Waals surface area contributed by atoms with Crippen LogP contribution in [0.3, 0.4) is 0 Å². The van der Waals surface area contributed by atoms with E-state index in [4.69, 9.17) is 0 Å². The van der Waals surface area contributed by atoms with E-state index in [0.29, 0.717) is 18.4 Å². The minimum absolute atomic E-state index is 0.303. The van der Waals surface area contributed by atoms with Crippen LogP contribution in [0.25, 0.3) is 0 Å². The van der Waals surface area contributed by atoms with Gasteiger partial charge in [0.05, 0.1) is 5.69 Å². The van der Waals surface area contributed by atoms with Crippen molar-refractivity contribution in [3.8, 4) is 0 Å². The van der Waals surface area contributed by atoms with Gasteiger partial charge in [0.1, 0.15) is 6.33 Å². The number of hydrogen-bond acceptors (Lipinski definition) is 3. The van der Waals surface area contributed by atoms with Crippen molar-refractivity contribution in [2.75, 3.05) is 6.54 Å². The minimum Gasteiger partial charge on any atom is -0.338 e. The van der Waals surface area contributed by atoms with Crippen molar-refractivity contribution >= 4 is 5.91 Å². The smallest absolute Gasteiger partial charge is 0.223 e. The van der Waals surface area contributed by atoms with E-state index in [9.17, 15) is 4.79 Å². The number of rotatable bonds is 2. The molecule has 0 atom stereocenters. The summed E-state index contributed by atoms with van der Waals surface area (Å²) in [4.78, 5) is 22.1.